The summed E-state index contributed by atoms with van der Waals surface area (Å²) in [5, 5.41) is 1.14. The van der Waals surface area contributed by atoms with Crippen LogP contribution in [-0.4, -0.2) is 4.98 Å². The predicted octanol–water partition coefficient (Wildman–Crippen LogP) is 4.58. The van der Waals surface area contributed by atoms with Crippen molar-refractivity contribution in [2.45, 2.75) is 6.61 Å². The van der Waals surface area contributed by atoms with Gasteiger partial charge in [0.1, 0.15) is 12.4 Å². The lowest BCUT2D eigenvalue weighted by molar-refractivity contribution is 0.306. The van der Waals surface area contributed by atoms with E-state index in [1.54, 1.807) is 6.20 Å². The van der Waals surface area contributed by atoms with Crippen LogP contribution in [0.25, 0.3) is 10.9 Å². The van der Waals surface area contributed by atoms with Gasteiger partial charge in [-0.15, -0.1) is 0 Å². The van der Waals surface area contributed by atoms with E-state index in [1.807, 2.05) is 42.5 Å². The van der Waals surface area contributed by atoms with E-state index in [0.717, 1.165) is 26.7 Å². The molecule has 0 radical (unpaired) electrons. The average Bonchev–Trinajstić information content (AvgIpc) is 2.45. The monoisotopic (exact) mass is 313 g/mol. The molecule has 0 saturated carbocycles. The zero-order valence-corrected chi connectivity index (χ0v) is 11.8. The first-order valence-electron chi connectivity index (χ1n) is 6.03. The summed E-state index contributed by atoms with van der Waals surface area (Å²) in [7, 11) is 0. The smallest absolute Gasteiger partial charge is 0.120 e. The zero-order valence-electron chi connectivity index (χ0n) is 10.2. The fourth-order valence-corrected chi connectivity index (χ4v) is 2.32. The molecule has 3 aromatic rings. The molecule has 94 valence electrons. The number of hydrogen-bond acceptors (Lipinski definition) is 2. The van der Waals surface area contributed by atoms with Crippen LogP contribution in [-0.2, 0) is 6.61 Å². The van der Waals surface area contributed by atoms with E-state index < -0.39 is 0 Å². The van der Waals surface area contributed by atoms with E-state index in [4.69, 9.17) is 4.74 Å². The zero-order chi connectivity index (χ0) is 13.1. The van der Waals surface area contributed by atoms with Crippen LogP contribution in [0.15, 0.2) is 65.3 Å². The highest BCUT2D eigenvalue weighted by atomic mass is 79.9. The minimum absolute atomic E-state index is 0.557. The Morgan fingerprint density at radius 2 is 1.95 bits per heavy atom. The van der Waals surface area contributed by atoms with E-state index in [-0.39, 0.29) is 0 Å². The molecular weight excluding hydrogens is 302 g/mol. The molecule has 0 fully saturated rings. The fraction of sp³-hybridized carbons (Fsp3) is 0.0625. The van der Waals surface area contributed by atoms with E-state index in [9.17, 15) is 0 Å². The lowest BCUT2D eigenvalue weighted by Gasteiger charge is -2.07. The second-order valence-electron chi connectivity index (χ2n) is 4.28. The Morgan fingerprint density at radius 3 is 2.84 bits per heavy atom. The quantitative estimate of drug-likeness (QED) is 0.706. The van der Waals surface area contributed by atoms with Gasteiger partial charge in [-0.2, -0.15) is 0 Å². The first kappa shape index (κ1) is 12.2. The molecule has 0 N–H and O–H groups in total. The van der Waals surface area contributed by atoms with Crippen LogP contribution in [0.3, 0.4) is 0 Å². The third-order valence-electron chi connectivity index (χ3n) is 2.87. The predicted molar refractivity (Wildman–Crippen MR) is 80.2 cm³/mol. The van der Waals surface area contributed by atoms with Crippen molar-refractivity contribution in [3.63, 3.8) is 0 Å². The van der Waals surface area contributed by atoms with E-state index in [0.29, 0.717) is 6.61 Å². The van der Waals surface area contributed by atoms with Gasteiger partial charge in [0, 0.05) is 16.1 Å². The highest BCUT2D eigenvalue weighted by Gasteiger charge is 1.99. The van der Waals surface area contributed by atoms with E-state index in [1.165, 1.54) is 0 Å². The molecular formula is C16H12BrNO. The normalized spacial score (nSPS) is 10.6. The van der Waals surface area contributed by atoms with Gasteiger partial charge < -0.3 is 4.74 Å². The summed E-state index contributed by atoms with van der Waals surface area (Å²) in [5.41, 5.74) is 2.15. The lowest BCUT2D eigenvalue weighted by Crippen LogP contribution is -1.95. The molecule has 0 saturated heterocycles. The van der Waals surface area contributed by atoms with Gasteiger partial charge in [0.05, 0.1) is 5.52 Å². The molecule has 0 amide bonds. The molecule has 2 aromatic carbocycles. The topological polar surface area (TPSA) is 22.1 Å². The first-order chi connectivity index (χ1) is 9.31. The van der Waals surface area contributed by atoms with E-state index >= 15 is 0 Å². The Balaban J connectivity index is 1.78. The molecule has 0 aliphatic heterocycles. The average molecular weight is 314 g/mol. The fourth-order valence-electron chi connectivity index (χ4n) is 1.94. The molecule has 0 unspecified atom stereocenters. The number of benzene rings is 2. The third kappa shape index (κ3) is 2.93. The van der Waals surface area contributed by atoms with Crippen molar-refractivity contribution in [2.75, 3.05) is 0 Å². The maximum atomic E-state index is 5.77. The number of ether oxygens (including phenoxy) is 1. The Bertz CT molecular complexity index is 712. The van der Waals surface area contributed by atoms with Gasteiger partial charge in [0.25, 0.3) is 0 Å². The molecule has 0 spiro atoms. The molecule has 19 heavy (non-hydrogen) atoms. The summed E-state index contributed by atoms with van der Waals surface area (Å²) in [6.45, 7) is 0.557. The van der Waals surface area contributed by atoms with Gasteiger partial charge in [0.2, 0.25) is 0 Å². The SMILES string of the molecule is Brc1cccc(OCc2ccc3ncccc3c2)c1. The number of aromatic nitrogens is 1. The van der Waals surface area contributed by atoms with Gasteiger partial charge in [0.15, 0.2) is 0 Å². The molecule has 0 aliphatic carbocycles. The minimum atomic E-state index is 0.557. The number of nitrogens with zero attached hydrogens (tertiary/aromatic N) is 1. The van der Waals surface area contributed by atoms with Crippen molar-refractivity contribution in [3.05, 3.63) is 70.8 Å². The second kappa shape index (κ2) is 5.41. The Hall–Kier alpha value is -1.87. The van der Waals surface area contributed by atoms with Gasteiger partial charge in [-0.25, -0.2) is 0 Å². The summed E-state index contributed by atoms with van der Waals surface area (Å²) in [6.07, 6.45) is 1.81. The van der Waals surface area contributed by atoms with Crippen molar-refractivity contribution >= 4 is 26.8 Å². The van der Waals surface area contributed by atoms with Crippen molar-refractivity contribution in [1.29, 1.82) is 0 Å². The van der Waals surface area contributed by atoms with Crippen molar-refractivity contribution in [3.8, 4) is 5.75 Å². The van der Waals surface area contributed by atoms with Crippen LogP contribution in [0.1, 0.15) is 5.56 Å². The summed E-state index contributed by atoms with van der Waals surface area (Å²) >= 11 is 3.43. The number of rotatable bonds is 3. The largest absolute Gasteiger partial charge is 0.489 e. The maximum Gasteiger partial charge on any atom is 0.120 e. The van der Waals surface area contributed by atoms with Crippen LogP contribution in [0, 0.1) is 0 Å². The molecule has 1 heterocycles. The van der Waals surface area contributed by atoms with Crippen molar-refractivity contribution < 1.29 is 4.74 Å². The van der Waals surface area contributed by atoms with Crippen LogP contribution in [0.2, 0.25) is 0 Å². The number of halogens is 1. The molecule has 0 aliphatic rings. The summed E-state index contributed by atoms with van der Waals surface area (Å²) in [6, 6.07) is 18.0. The standard InChI is InChI=1S/C16H12BrNO/c17-14-4-1-5-15(10-14)19-11-12-6-7-16-13(9-12)3-2-8-18-16/h1-10H,11H2. The Labute approximate surface area is 120 Å². The molecule has 3 heteroatoms. The van der Waals surface area contributed by atoms with Crippen molar-refractivity contribution in [1.82, 2.24) is 4.98 Å². The van der Waals surface area contributed by atoms with Gasteiger partial charge in [-0.1, -0.05) is 34.1 Å². The lowest BCUT2D eigenvalue weighted by atomic mass is 10.1. The number of hydrogen-bond donors (Lipinski definition) is 0. The van der Waals surface area contributed by atoms with Crippen molar-refractivity contribution in [2.24, 2.45) is 0 Å². The molecule has 3 rings (SSSR count). The molecule has 0 atom stereocenters. The Kier molecular flexibility index (Phi) is 3.47. The van der Waals surface area contributed by atoms with Crippen LogP contribution in [0.4, 0.5) is 0 Å². The Morgan fingerprint density at radius 1 is 1.00 bits per heavy atom. The van der Waals surface area contributed by atoms with E-state index in [2.05, 4.69) is 33.0 Å². The van der Waals surface area contributed by atoms with Crippen LogP contribution >= 0.6 is 15.9 Å². The molecule has 2 nitrogen and oxygen atoms in total. The second-order valence-corrected chi connectivity index (χ2v) is 5.19. The maximum absolute atomic E-state index is 5.77. The summed E-state index contributed by atoms with van der Waals surface area (Å²) in [5.74, 6) is 0.862. The molecule has 0 bridgehead atoms. The van der Waals surface area contributed by atoms with Crippen LogP contribution < -0.4 is 4.74 Å². The summed E-state index contributed by atoms with van der Waals surface area (Å²) < 4.78 is 6.79. The first-order valence-corrected chi connectivity index (χ1v) is 6.82. The third-order valence-corrected chi connectivity index (χ3v) is 3.36. The van der Waals surface area contributed by atoms with Gasteiger partial charge in [-0.05, 0) is 42.0 Å². The number of fused-ring (bicyclic) bond motifs is 1. The van der Waals surface area contributed by atoms with Gasteiger partial charge in [-0.3, -0.25) is 4.98 Å². The summed E-state index contributed by atoms with van der Waals surface area (Å²) in [4.78, 5) is 4.31. The highest BCUT2D eigenvalue weighted by molar-refractivity contribution is 9.10. The minimum Gasteiger partial charge on any atom is -0.489 e. The molecule has 1 aromatic heterocycles. The van der Waals surface area contributed by atoms with Gasteiger partial charge >= 0.3 is 0 Å². The highest BCUT2D eigenvalue weighted by Crippen LogP contribution is 2.20. The number of pyridine rings is 1. The van der Waals surface area contributed by atoms with Crippen LogP contribution in [0.5, 0.6) is 5.75 Å².